The highest BCUT2D eigenvalue weighted by Crippen LogP contribution is 2.47. The van der Waals surface area contributed by atoms with Crippen LogP contribution >= 0.6 is 7.82 Å². The Morgan fingerprint density at radius 3 is 1.20 bits per heavy atom. The van der Waals surface area contributed by atoms with E-state index in [9.17, 15) is 44.6 Å². The summed E-state index contributed by atoms with van der Waals surface area (Å²) in [6.45, 7) is 3.26. The van der Waals surface area contributed by atoms with Crippen LogP contribution < -0.4 is 0 Å². The lowest BCUT2D eigenvalue weighted by molar-refractivity contribution is -0.220. The molecule has 55 heavy (non-hydrogen) atoms. The molecule has 1 saturated carbocycles. The van der Waals surface area contributed by atoms with Crippen molar-refractivity contribution < 1.29 is 63.1 Å². The summed E-state index contributed by atoms with van der Waals surface area (Å²) in [4.78, 5) is 35.5. The Kier molecular flexibility index (Phi) is 30.9. The summed E-state index contributed by atoms with van der Waals surface area (Å²) in [5.74, 6) is -1.09. The molecule has 1 aliphatic carbocycles. The molecule has 0 aromatic rings. The van der Waals surface area contributed by atoms with Crippen LogP contribution in [0.1, 0.15) is 194 Å². The van der Waals surface area contributed by atoms with Crippen molar-refractivity contribution in [2.75, 3.05) is 13.2 Å². The molecule has 13 nitrogen and oxygen atoms in total. The fourth-order valence-corrected chi connectivity index (χ4v) is 7.85. The summed E-state index contributed by atoms with van der Waals surface area (Å²) in [6.07, 6.45) is 17.6. The van der Waals surface area contributed by atoms with Crippen molar-refractivity contribution in [1.82, 2.24) is 0 Å². The summed E-state index contributed by atoms with van der Waals surface area (Å²) in [6, 6.07) is 0. The average Bonchev–Trinajstić information content (AvgIpc) is 3.16. The maximum atomic E-state index is 12.8. The molecule has 0 saturated heterocycles. The highest BCUT2D eigenvalue weighted by atomic mass is 31.2. The number of phosphoric acid groups is 1. The molecule has 14 heteroatoms. The van der Waals surface area contributed by atoms with Gasteiger partial charge in [-0.3, -0.25) is 18.6 Å². The summed E-state index contributed by atoms with van der Waals surface area (Å²) in [7, 11) is -5.10. The summed E-state index contributed by atoms with van der Waals surface area (Å²) >= 11 is 0. The lowest BCUT2D eigenvalue weighted by Crippen LogP contribution is -2.64. The van der Waals surface area contributed by atoms with Crippen LogP contribution in [0.25, 0.3) is 0 Å². The van der Waals surface area contributed by atoms with Gasteiger partial charge in [0.15, 0.2) is 6.10 Å². The van der Waals surface area contributed by atoms with Gasteiger partial charge in [-0.15, -0.1) is 0 Å². The van der Waals surface area contributed by atoms with E-state index in [1.807, 2.05) is 0 Å². The summed E-state index contributed by atoms with van der Waals surface area (Å²) < 4.78 is 33.4. The SMILES string of the molecule is CCCCCCCCCCCCCCCCCCCCC(=O)OC(COC(=O)CCCCCCCCCC)COP(=O)(O)OC1C(O)C(O)C(O)C(O)C1O. The molecule has 0 aromatic carbocycles. The fourth-order valence-electron chi connectivity index (χ4n) is 6.88. The molecular weight excluding hydrogens is 731 g/mol. The Hall–Kier alpha value is -1.15. The number of carbonyl (C=O) groups excluding carboxylic acids is 2. The molecule has 1 fully saturated rings. The van der Waals surface area contributed by atoms with Gasteiger partial charge in [-0.05, 0) is 12.8 Å². The lowest BCUT2D eigenvalue weighted by atomic mass is 9.85. The number of ether oxygens (including phenoxy) is 2. The zero-order valence-electron chi connectivity index (χ0n) is 34.2. The Morgan fingerprint density at radius 2 is 0.818 bits per heavy atom. The van der Waals surface area contributed by atoms with Gasteiger partial charge in [-0.2, -0.15) is 0 Å². The molecule has 1 aliphatic rings. The summed E-state index contributed by atoms with van der Waals surface area (Å²) in [5.41, 5.74) is 0. The molecule has 326 valence electrons. The van der Waals surface area contributed by atoms with Gasteiger partial charge < -0.3 is 39.9 Å². The number of carbonyl (C=O) groups is 2. The molecule has 6 N–H and O–H groups in total. The zero-order chi connectivity index (χ0) is 40.7. The number of phosphoric ester groups is 1. The number of aliphatic hydroxyl groups is 5. The van der Waals surface area contributed by atoms with E-state index in [-0.39, 0.29) is 12.8 Å². The van der Waals surface area contributed by atoms with Crippen LogP contribution in [0.4, 0.5) is 0 Å². The first kappa shape index (κ1) is 51.9. The molecule has 6 atom stereocenters. The van der Waals surface area contributed by atoms with Gasteiger partial charge in [-0.1, -0.05) is 168 Å². The zero-order valence-corrected chi connectivity index (χ0v) is 35.1. The molecule has 0 amide bonds. The molecule has 0 spiro atoms. The third kappa shape index (κ3) is 25.7. The van der Waals surface area contributed by atoms with Crippen LogP contribution in [-0.4, -0.2) is 98.3 Å². The minimum atomic E-state index is -5.10. The maximum Gasteiger partial charge on any atom is 0.472 e. The molecule has 0 bridgehead atoms. The first-order valence-electron chi connectivity index (χ1n) is 21.8. The number of unbranched alkanes of at least 4 members (excludes halogenated alkanes) is 24. The van der Waals surface area contributed by atoms with Crippen molar-refractivity contribution in [2.24, 2.45) is 0 Å². The van der Waals surface area contributed by atoms with E-state index in [0.717, 1.165) is 38.5 Å². The van der Waals surface area contributed by atoms with Crippen LogP contribution in [-0.2, 0) is 32.7 Å². The van der Waals surface area contributed by atoms with Crippen molar-refractivity contribution in [2.45, 2.75) is 236 Å². The number of aliphatic hydroxyl groups excluding tert-OH is 5. The third-order valence-corrected chi connectivity index (χ3v) is 11.4. The molecule has 1 rings (SSSR count). The standard InChI is InChI=1S/C41H79O13P/c1-3-5-7-9-11-13-14-15-16-17-18-19-20-21-22-24-26-28-30-35(43)53-33(31-51-34(42)29-27-25-23-12-10-8-6-4-2)32-52-55(49,50)54-41-39(47)37(45)36(44)38(46)40(41)48/h33,36-41,44-48H,3-32H2,1-2H3,(H,49,50). The van der Waals surface area contributed by atoms with Crippen molar-refractivity contribution in [3.8, 4) is 0 Å². The van der Waals surface area contributed by atoms with E-state index in [0.29, 0.717) is 12.8 Å². The van der Waals surface area contributed by atoms with Crippen molar-refractivity contribution in [3.05, 3.63) is 0 Å². The minimum Gasteiger partial charge on any atom is -0.462 e. The Morgan fingerprint density at radius 1 is 0.491 bits per heavy atom. The molecular formula is C41H79O13P. The Balaban J connectivity index is 2.42. The predicted octanol–water partition coefficient (Wildman–Crippen LogP) is 7.72. The second-order valence-electron chi connectivity index (χ2n) is 15.6. The van der Waals surface area contributed by atoms with E-state index in [1.165, 1.54) is 116 Å². The number of hydrogen-bond donors (Lipinski definition) is 6. The maximum absolute atomic E-state index is 12.8. The van der Waals surface area contributed by atoms with Crippen LogP contribution in [0.3, 0.4) is 0 Å². The monoisotopic (exact) mass is 811 g/mol. The second kappa shape index (κ2) is 32.8. The van der Waals surface area contributed by atoms with Gasteiger partial charge in [0.05, 0.1) is 6.61 Å². The van der Waals surface area contributed by atoms with Gasteiger partial charge in [0, 0.05) is 12.8 Å². The number of hydrogen-bond acceptors (Lipinski definition) is 12. The van der Waals surface area contributed by atoms with E-state index in [2.05, 4.69) is 13.8 Å². The van der Waals surface area contributed by atoms with Gasteiger partial charge >= 0.3 is 19.8 Å². The Labute approximate surface area is 331 Å². The second-order valence-corrected chi connectivity index (χ2v) is 17.0. The highest BCUT2D eigenvalue weighted by Gasteiger charge is 2.51. The first-order chi connectivity index (χ1) is 26.4. The molecule has 0 heterocycles. The van der Waals surface area contributed by atoms with Crippen molar-refractivity contribution in [3.63, 3.8) is 0 Å². The van der Waals surface area contributed by atoms with Gasteiger partial charge in [0.2, 0.25) is 0 Å². The van der Waals surface area contributed by atoms with Crippen molar-refractivity contribution >= 4 is 19.8 Å². The topological polar surface area (TPSA) is 210 Å². The van der Waals surface area contributed by atoms with Gasteiger partial charge in [0.1, 0.15) is 43.2 Å². The number of esters is 2. The predicted molar refractivity (Wildman–Crippen MR) is 212 cm³/mol. The van der Waals surface area contributed by atoms with Gasteiger partial charge in [0.25, 0.3) is 0 Å². The smallest absolute Gasteiger partial charge is 0.462 e. The van der Waals surface area contributed by atoms with Gasteiger partial charge in [-0.25, -0.2) is 4.57 Å². The lowest BCUT2D eigenvalue weighted by Gasteiger charge is -2.41. The first-order valence-corrected chi connectivity index (χ1v) is 23.3. The molecule has 0 aliphatic heterocycles. The Bertz CT molecular complexity index is 985. The fraction of sp³-hybridized carbons (Fsp3) is 0.951. The van der Waals surface area contributed by atoms with Crippen LogP contribution in [0.5, 0.6) is 0 Å². The summed E-state index contributed by atoms with van der Waals surface area (Å²) in [5, 5.41) is 50.0. The van der Waals surface area contributed by atoms with Crippen LogP contribution in [0.2, 0.25) is 0 Å². The minimum absolute atomic E-state index is 0.104. The molecule has 0 aromatic heterocycles. The number of rotatable bonds is 36. The van der Waals surface area contributed by atoms with E-state index < -0.39 is 75.7 Å². The van der Waals surface area contributed by atoms with Crippen molar-refractivity contribution in [1.29, 1.82) is 0 Å². The molecule has 0 radical (unpaired) electrons. The average molecular weight is 811 g/mol. The normalized spacial score (nSPS) is 23.0. The van der Waals surface area contributed by atoms with E-state index in [1.54, 1.807) is 0 Å². The quantitative estimate of drug-likeness (QED) is 0.0204. The van der Waals surface area contributed by atoms with E-state index in [4.69, 9.17) is 18.5 Å². The van der Waals surface area contributed by atoms with Crippen LogP contribution in [0, 0.1) is 0 Å². The highest BCUT2D eigenvalue weighted by molar-refractivity contribution is 7.47. The van der Waals surface area contributed by atoms with E-state index >= 15 is 0 Å². The third-order valence-electron chi connectivity index (χ3n) is 10.4. The van der Waals surface area contributed by atoms with Crippen LogP contribution in [0.15, 0.2) is 0 Å². The molecule has 6 unspecified atom stereocenters. The largest absolute Gasteiger partial charge is 0.472 e.